The largest absolute Gasteiger partial charge is 0.340 e. The zero-order valence-corrected chi connectivity index (χ0v) is 13.0. The van der Waals surface area contributed by atoms with Crippen LogP contribution in [0.25, 0.3) is 11.5 Å². The van der Waals surface area contributed by atoms with Crippen LogP contribution in [-0.2, 0) is 0 Å². The first-order valence-electron chi connectivity index (χ1n) is 5.41. The molecule has 0 fully saturated rings. The van der Waals surface area contributed by atoms with Crippen LogP contribution >= 0.6 is 39.7 Å². The molecule has 18 heavy (non-hydrogen) atoms. The minimum Gasteiger partial charge on any atom is -0.340 e. The van der Waals surface area contributed by atoms with Crippen LogP contribution in [0.1, 0.15) is 25.5 Å². The third-order valence-electron chi connectivity index (χ3n) is 2.45. The summed E-state index contributed by atoms with van der Waals surface area (Å²) in [6.07, 6.45) is 1.68. The summed E-state index contributed by atoms with van der Waals surface area (Å²) in [6, 6.07) is 3.56. The van der Waals surface area contributed by atoms with Crippen LogP contribution in [0.4, 0.5) is 0 Å². The Morgan fingerprint density at radius 1 is 1.44 bits per heavy atom. The molecule has 0 spiro atoms. The fraction of sp³-hybridized carbons (Fsp3) is 0.250. The Balaban J connectivity index is 2.67. The maximum Gasteiger partial charge on any atom is 0.159 e. The Labute approximate surface area is 124 Å². The van der Waals surface area contributed by atoms with E-state index in [9.17, 15) is 0 Å². The van der Waals surface area contributed by atoms with Crippen molar-refractivity contribution in [2.24, 2.45) is 0 Å². The van der Waals surface area contributed by atoms with Crippen LogP contribution in [-0.4, -0.2) is 15.0 Å². The van der Waals surface area contributed by atoms with E-state index >= 15 is 0 Å². The molecular formula is C12H11BrClN3S. The third-order valence-corrected chi connectivity index (χ3v) is 4.12. The van der Waals surface area contributed by atoms with Gasteiger partial charge in [0, 0.05) is 11.9 Å². The molecule has 2 heterocycles. The highest BCUT2D eigenvalue weighted by atomic mass is 79.9. The van der Waals surface area contributed by atoms with Crippen LogP contribution in [0, 0.1) is 4.64 Å². The number of halogens is 2. The molecule has 1 N–H and O–H groups in total. The van der Waals surface area contributed by atoms with Gasteiger partial charge in [-0.3, -0.25) is 4.98 Å². The number of hydrogen-bond acceptors (Lipinski definition) is 3. The number of nitrogens with one attached hydrogen (secondary N) is 1. The first kappa shape index (κ1) is 13.6. The lowest BCUT2D eigenvalue weighted by molar-refractivity contribution is 0.806. The average molecular weight is 345 g/mol. The van der Waals surface area contributed by atoms with Gasteiger partial charge in [-0.25, -0.2) is 4.98 Å². The van der Waals surface area contributed by atoms with Crippen molar-refractivity contribution < 1.29 is 0 Å². The standard InChI is InChI=1S/C12H11BrClN3S/c1-6(2)9-8(13)12(18)17-11(16-9)10-7(14)4-3-5-15-10/h3-6H,1-2H3,(H,16,17,18). The van der Waals surface area contributed by atoms with Gasteiger partial charge in [-0.05, 0) is 34.0 Å². The summed E-state index contributed by atoms with van der Waals surface area (Å²) >= 11 is 14.8. The first-order chi connectivity index (χ1) is 8.50. The summed E-state index contributed by atoms with van der Waals surface area (Å²) in [5.74, 6) is 0.891. The SMILES string of the molecule is CC(C)c1[nH]c(-c2ncccc2Cl)nc(=S)c1Br. The summed E-state index contributed by atoms with van der Waals surface area (Å²) in [7, 11) is 0. The minimum atomic E-state index is 0.297. The van der Waals surface area contributed by atoms with Crippen LogP contribution in [0.3, 0.4) is 0 Å². The first-order valence-corrected chi connectivity index (χ1v) is 6.99. The summed E-state index contributed by atoms with van der Waals surface area (Å²) in [5.41, 5.74) is 1.60. The molecule has 0 aliphatic carbocycles. The van der Waals surface area contributed by atoms with Crippen molar-refractivity contribution in [3.05, 3.63) is 38.2 Å². The fourth-order valence-corrected chi connectivity index (χ4v) is 2.60. The smallest absolute Gasteiger partial charge is 0.159 e. The van der Waals surface area contributed by atoms with Gasteiger partial charge in [-0.2, -0.15) is 0 Å². The molecule has 94 valence electrons. The third kappa shape index (κ3) is 2.63. The Morgan fingerprint density at radius 3 is 2.78 bits per heavy atom. The topological polar surface area (TPSA) is 41.6 Å². The van der Waals surface area contributed by atoms with E-state index in [0.29, 0.717) is 27.1 Å². The average Bonchev–Trinajstić information content (AvgIpc) is 2.33. The van der Waals surface area contributed by atoms with Gasteiger partial charge >= 0.3 is 0 Å². The van der Waals surface area contributed by atoms with E-state index in [1.165, 1.54) is 0 Å². The molecule has 0 aliphatic rings. The molecular weight excluding hydrogens is 334 g/mol. The van der Waals surface area contributed by atoms with Crippen molar-refractivity contribution >= 4 is 39.7 Å². The number of aromatic amines is 1. The van der Waals surface area contributed by atoms with Crippen molar-refractivity contribution in [1.82, 2.24) is 15.0 Å². The number of H-pyrrole nitrogens is 1. The predicted molar refractivity (Wildman–Crippen MR) is 79.5 cm³/mol. The molecule has 0 saturated heterocycles. The van der Waals surface area contributed by atoms with E-state index in [-0.39, 0.29) is 0 Å². The van der Waals surface area contributed by atoms with Gasteiger partial charge in [0.05, 0.1) is 9.50 Å². The van der Waals surface area contributed by atoms with Gasteiger partial charge in [-0.1, -0.05) is 37.7 Å². The summed E-state index contributed by atoms with van der Waals surface area (Å²) in [6.45, 7) is 4.16. The highest BCUT2D eigenvalue weighted by Crippen LogP contribution is 2.28. The second-order valence-corrected chi connectivity index (χ2v) is 5.69. The monoisotopic (exact) mass is 343 g/mol. The summed E-state index contributed by atoms with van der Waals surface area (Å²) in [5, 5.41) is 0.549. The Morgan fingerprint density at radius 2 is 2.17 bits per heavy atom. The van der Waals surface area contributed by atoms with Crippen LogP contribution in [0.15, 0.2) is 22.8 Å². The van der Waals surface area contributed by atoms with Gasteiger partial charge in [0.2, 0.25) is 0 Å². The molecule has 0 unspecified atom stereocenters. The normalized spacial score (nSPS) is 10.9. The Bertz CT molecular complexity index is 639. The van der Waals surface area contributed by atoms with Crippen LogP contribution in [0.2, 0.25) is 5.02 Å². The van der Waals surface area contributed by atoms with Gasteiger partial charge < -0.3 is 4.98 Å². The zero-order chi connectivity index (χ0) is 13.3. The number of pyridine rings is 1. The maximum absolute atomic E-state index is 6.11. The van der Waals surface area contributed by atoms with Gasteiger partial charge in [-0.15, -0.1) is 0 Å². The summed E-state index contributed by atoms with van der Waals surface area (Å²) < 4.78 is 1.33. The second kappa shape index (κ2) is 5.47. The van der Waals surface area contributed by atoms with Gasteiger partial charge in [0.25, 0.3) is 0 Å². The van der Waals surface area contributed by atoms with E-state index in [1.807, 2.05) is 0 Å². The van der Waals surface area contributed by atoms with Gasteiger partial charge in [0.15, 0.2) is 5.82 Å². The van der Waals surface area contributed by atoms with Crippen molar-refractivity contribution in [1.29, 1.82) is 0 Å². The molecule has 0 saturated carbocycles. The molecule has 0 aliphatic heterocycles. The van der Waals surface area contributed by atoms with Crippen molar-refractivity contribution in [3.63, 3.8) is 0 Å². The molecule has 0 atom stereocenters. The highest BCUT2D eigenvalue weighted by molar-refractivity contribution is 9.10. The molecule has 0 bridgehead atoms. The molecule has 0 amide bonds. The number of rotatable bonds is 2. The molecule has 3 nitrogen and oxygen atoms in total. The van der Waals surface area contributed by atoms with E-state index in [4.69, 9.17) is 23.8 Å². The van der Waals surface area contributed by atoms with Gasteiger partial charge in [0.1, 0.15) is 10.3 Å². The molecule has 0 aromatic carbocycles. The zero-order valence-electron chi connectivity index (χ0n) is 9.87. The maximum atomic E-state index is 6.11. The molecule has 2 aromatic rings. The van der Waals surface area contributed by atoms with Crippen LogP contribution in [0.5, 0.6) is 0 Å². The lowest BCUT2D eigenvalue weighted by atomic mass is 10.1. The molecule has 0 radical (unpaired) electrons. The number of aromatic nitrogens is 3. The number of hydrogen-bond donors (Lipinski definition) is 1. The molecule has 2 aromatic heterocycles. The Hall–Kier alpha value is -0.780. The fourth-order valence-electron chi connectivity index (χ4n) is 1.55. The van der Waals surface area contributed by atoms with E-state index in [2.05, 4.69) is 44.7 Å². The highest BCUT2D eigenvalue weighted by Gasteiger charge is 2.13. The van der Waals surface area contributed by atoms with E-state index in [0.717, 1.165) is 10.2 Å². The number of nitrogens with zero attached hydrogens (tertiary/aromatic N) is 2. The lowest BCUT2D eigenvalue weighted by Crippen LogP contribution is -2.01. The molecule has 2 rings (SSSR count). The predicted octanol–water partition coefficient (Wildman–Crippen LogP) is 4.74. The van der Waals surface area contributed by atoms with Crippen molar-refractivity contribution in [2.75, 3.05) is 0 Å². The lowest BCUT2D eigenvalue weighted by Gasteiger charge is -2.11. The quantitative estimate of drug-likeness (QED) is 0.800. The summed E-state index contributed by atoms with van der Waals surface area (Å²) in [4.78, 5) is 11.8. The van der Waals surface area contributed by atoms with E-state index in [1.54, 1.807) is 18.3 Å². The molecule has 6 heteroatoms. The minimum absolute atomic E-state index is 0.297. The van der Waals surface area contributed by atoms with E-state index < -0.39 is 0 Å². The second-order valence-electron chi connectivity index (χ2n) is 4.11. The van der Waals surface area contributed by atoms with Crippen molar-refractivity contribution in [3.8, 4) is 11.5 Å². The Kier molecular flexibility index (Phi) is 4.14. The van der Waals surface area contributed by atoms with Crippen molar-refractivity contribution in [2.45, 2.75) is 19.8 Å². The van der Waals surface area contributed by atoms with Crippen LogP contribution < -0.4 is 0 Å².